The maximum Gasteiger partial charge on any atom is 0.387 e. The van der Waals surface area contributed by atoms with Gasteiger partial charge in [0.2, 0.25) is 0 Å². The Balaban J connectivity index is 1.77. The number of benzene rings is 2. The van der Waals surface area contributed by atoms with E-state index in [0.29, 0.717) is 11.3 Å². The number of halogens is 3. The van der Waals surface area contributed by atoms with E-state index in [0.717, 1.165) is 36.2 Å². The maximum atomic E-state index is 14.5. The van der Waals surface area contributed by atoms with Crippen LogP contribution in [0.5, 0.6) is 5.75 Å². The molecule has 0 bridgehead atoms. The molecule has 1 fully saturated rings. The topological polar surface area (TPSA) is 26.5 Å². The van der Waals surface area contributed by atoms with E-state index in [-0.39, 0.29) is 17.6 Å². The largest absolute Gasteiger partial charge is 0.435 e. The number of nitrogens with zero attached hydrogens (tertiary/aromatic N) is 2. The van der Waals surface area contributed by atoms with Crippen LogP contribution in [-0.2, 0) is 0 Å². The molecule has 29 heavy (non-hydrogen) atoms. The molecule has 1 heterocycles. The first-order valence-corrected chi connectivity index (χ1v) is 10.5. The summed E-state index contributed by atoms with van der Waals surface area (Å²) in [6, 6.07) is 13.3. The van der Waals surface area contributed by atoms with Crippen LogP contribution in [0.3, 0.4) is 0 Å². The van der Waals surface area contributed by atoms with Crippen molar-refractivity contribution in [3.8, 4) is 17.0 Å². The summed E-state index contributed by atoms with van der Waals surface area (Å²) in [4.78, 5) is 5.50. The summed E-state index contributed by atoms with van der Waals surface area (Å²) in [6.07, 6.45) is 5.57. The molecular formula is C22H21F3N2OS. The number of thiazole rings is 1. The lowest BCUT2D eigenvalue weighted by atomic mass is 9.95. The fourth-order valence-electron chi connectivity index (χ4n) is 3.77. The first-order valence-electron chi connectivity index (χ1n) is 9.66. The molecule has 3 aromatic rings. The predicted molar refractivity (Wildman–Crippen MR) is 108 cm³/mol. The van der Waals surface area contributed by atoms with Crippen molar-refractivity contribution in [1.82, 2.24) is 4.57 Å². The van der Waals surface area contributed by atoms with Crippen LogP contribution in [0, 0.1) is 5.82 Å². The van der Waals surface area contributed by atoms with Crippen LogP contribution in [0.25, 0.3) is 11.3 Å². The van der Waals surface area contributed by atoms with Gasteiger partial charge in [-0.15, -0.1) is 11.3 Å². The van der Waals surface area contributed by atoms with E-state index in [1.807, 2.05) is 11.4 Å². The predicted octanol–water partition coefficient (Wildman–Crippen LogP) is 6.69. The summed E-state index contributed by atoms with van der Waals surface area (Å²) in [5.41, 5.74) is 2.03. The van der Waals surface area contributed by atoms with Crippen LogP contribution in [0.4, 0.5) is 18.9 Å². The summed E-state index contributed by atoms with van der Waals surface area (Å²) in [6.45, 7) is -2.85. The van der Waals surface area contributed by atoms with Crippen LogP contribution in [0.2, 0.25) is 0 Å². The lowest BCUT2D eigenvalue weighted by Gasteiger charge is -2.25. The van der Waals surface area contributed by atoms with Gasteiger partial charge in [0, 0.05) is 17.0 Å². The van der Waals surface area contributed by atoms with Gasteiger partial charge < -0.3 is 9.30 Å². The van der Waals surface area contributed by atoms with Crippen LogP contribution in [0.1, 0.15) is 38.1 Å². The highest BCUT2D eigenvalue weighted by molar-refractivity contribution is 7.07. The molecule has 0 aliphatic heterocycles. The van der Waals surface area contributed by atoms with Crippen LogP contribution >= 0.6 is 11.3 Å². The second-order valence-electron chi connectivity index (χ2n) is 7.03. The van der Waals surface area contributed by atoms with Crippen molar-refractivity contribution in [2.75, 3.05) is 0 Å². The molecule has 0 unspecified atom stereocenters. The van der Waals surface area contributed by atoms with E-state index in [1.54, 1.807) is 24.3 Å². The highest BCUT2D eigenvalue weighted by Crippen LogP contribution is 2.33. The van der Waals surface area contributed by atoms with E-state index < -0.39 is 6.61 Å². The number of ether oxygens (including phenoxy) is 1. The molecule has 1 saturated carbocycles. The smallest absolute Gasteiger partial charge is 0.387 e. The Labute approximate surface area is 171 Å². The first kappa shape index (κ1) is 19.8. The van der Waals surface area contributed by atoms with Crippen molar-refractivity contribution < 1.29 is 17.9 Å². The number of hydrogen-bond donors (Lipinski definition) is 0. The molecule has 0 saturated heterocycles. The van der Waals surface area contributed by atoms with Gasteiger partial charge in [-0.25, -0.2) is 9.38 Å². The summed E-state index contributed by atoms with van der Waals surface area (Å²) in [5, 5.41) is 1.94. The normalized spacial score (nSPS) is 15.8. The summed E-state index contributed by atoms with van der Waals surface area (Å²) < 4.78 is 45.7. The highest BCUT2D eigenvalue weighted by Gasteiger charge is 2.21. The molecule has 0 N–H and O–H groups in total. The zero-order valence-corrected chi connectivity index (χ0v) is 16.5. The minimum atomic E-state index is -2.85. The molecule has 1 aliphatic rings. The van der Waals surface area contributed by atoms with E-state index in [2.05, 4.69) is 9.30 Å². The number of rotatable bonds is 5. The molecule has 3 nitrogen and oxygen atoms in total. The molecule has 1 aromatic heterocycles. The molecule has 0 radical (unpaired) electrons. The van der Waals surface area contributed by atoms with Gasteiger partial charge in [-0.3, -0.25) is 0 Å². The summed E-state index contributed by atoms with van der Waals surface area (Å²) in [7, 11) is 0. The zero-order chi connectivity index (χ0) is 20.2. The van der Waals surface area contributed by atoms with Crippen molar-refractivity contribution in [3.05, 3.63) is 64.5 Å². The minimum Gasteiger partial charge on any atom is -0.435 e. The number of hydrogen-bond acceptors (Lipinski definition) is 3. The van der Waals surface area contributed by atoms with Crippen molar-refractivity contribution in [2.45, 2.75) is 44.8 Å². The van der Waals surface area contributed by atoms with E-state index in [9.17, 15) is 13.2 Å². The SMILES string of the molecule is Fc1ccccc1-c1csc(=Nc2ccc(OC(F)F)cc2)n1C1CCCCC1. The van der Waals surface area contributed by atoms with Crippen LogP contribution in [0.15, 0.2) is 58.9 Å². The Bertz CT molecular complexity index is 1020. The Kier molecular flexibility index (Phi) is 6.04. The third kappa shape index (κ3) is 4.56. The second-order valence-corrected chi connectivity index (χ2v) is 7.87. The van der Waals surface area contributed by atoms with Crippen molar-refractivity contribution in [1.29, 1.82) is 0 Å². The lowest BCUT2D eigenvalue weighted by molar-refractivity contribution is -0.0498. The molecule has 0 atom stereocenters. The quantitative estimate of drug-likeness (QED) is 0.453. The van der Waals surface area contributed by atoms with E-state index in [4.69, 9.17) is 4.99 Å². The molecule has 2 aromatic carbocycles. The average Bonchev–Trinajstić information content (AvgIpc) is 3.13. The third-order valence-corrected chi connectivity index (χ3v) is 5.96. The molecule has 152 valence electrons. The molecule has 0 spiro atoms. The molecular weight excluding hydrogens is 397 g/mol. The Morgan fingerprint density at radius 1 is 1.00 bits per heavy atom. The van der Waals surface area contributed by atoms with Gasteiger partial charge in [-0.05, 0) is 49.2 Å². The minimum absolute atomic E-state index is 0.0948. The molecule has 7 heteroatoms. The van der Waals surface area contributed by atoms with Gasteiger partial charge in [0.1, 0.15) is 11.6 Å². The summed E-state index contributed by atoms with van der Waals surface area (Å²) >= 11 is 1.46. The first-order chi connectivity index (χ1) is 14.1. The Morgan fingerprint density at radius 3 is 2.41 bits per heavy atom. The second kappa shape index (κ2) is 8.86. The van der Waals surface area contributed by atoms with E-state index >= 15 is 0 Å². The fourth-order valence-corrected chi connectivity index (χ4v) is 4.75. The lowest BCUT2D eigenvalue weighted by Crippen LogP contribution is -2.23. The van der Waals surface area contributed by atoms with E-state index in [1.165, 1.54) is 36.0 Å². The van der Waals surface area contributed by atoms with Crippen LogP contribution < -0.4 is 9.54 Å². The van der Waals surface area contributed by atoms with Gasteiger partial charge in [0.15, 0.2) is 4.80 Å². The zero-order valence-electron chi connectivity index (χ0n) is 15.7. The van der Waals surface area contributed by atoms with Crippen molar-refractivity contribution >= 4 is 17.0 Å². The number of alkyl halides is 2. The highest BCUT2D eigenvalue weighted by atomic mass is 32.1. The molecule has 1 aliphatic carbocycles. The summed E-state index contributed by atoms with van der Waals surface area (Å²) in [5.74, 6) is -0.160. The average molecular weight is 418 g/mol. The maximum absolute atomic E-state index is 14.5. The number of aromatic nitrogens is 1. The Morgan fingerprint density at radius 2 is 1.72 bits per heavy atom. The van der Waals surface area contributed by atoms with Gasteiger partial charge >= 0.3 is 6.61 Å². The molecule has 4 rings (SSSR count). The molecule has 0 amide bonds. The van der Waals surface area contributed by atoms with Gasteiger partial charge in [0.25, 0.3) is 0 Å². The standard InChI is InChI=1S/C22H21F3N2OS/c23-19-9-5-4-8-18(19)20-14-29-22(27(20)16-6-2-1-3-7-16)26-15-10-12-17(13-11-15)28-21(24)25/h4-5,8-14,16,21H,1-3,6-7H2. The fraction of sp³-hybridized carbons (Fsp3) is 0.318. The van der Waals surface area contributed by atoms with Crippen molar-refractivity contribution in [2.24, 2.45) is 4.99 Å². The monoisotopic (exact) mass is 418 g/mol. The third-order valence-electron chi connectivity index (χ3n) is 5.12. The van der Waals surface area contributed by atoms with Crippen molar-refractivity contribution in [3.63, 3.8) is 0 Å². The van der Waals surface area contributed by atoms with Crippen LogP contribution in [-0.4, -0.2) is 11.2 Å². The Hall–Kier alpha value is -2.54. The van der Waals surface area contributed by atoms with Gasteiger partial charge in [-0.2, -0.15) is 8.78 Å². The van der Waals surface area contributed by atoms with Gasteiger partial charge in [-0.1, -0.05) is 31.4 Å². The van der Waals surface area contributed by atoms with Gasteiger partial charge in [0.05, 0.1) is 11.4 Å².